The minimum Gasteiger partial charge on any atom is -0.439 e. The van der Waals surface area contributed by atoms with Gasteiger partial charge in [-0.05, 0) is 41.8 Å². The van der Waals surface area contributed by atoms with Crippen LogP contribution in [0.5, 0.6) is 11.6 Å². The van der Waals surface area contributed by atoms with Gasteiger partial charge in [0, 0.05) is 17.6 Å². The summed E-state index contributed by atoms with van der Waals surface area (Å²) in [6, 6.07) is 18.6. The summed E-state index contributed by atoms with van der Waals surface area (Å²) >= 11 is 0. The van der Waals surface area contributed by atoms with Gasteiger partial charge in [-0.3, -0.25) is 0 Å². The fourth-order valence-corrected chi connectivity index (χ4v) is 3.32. The number of pyridine rings is 1. The number of para-hydroxylation sites is 1. The average molecular weight is 289 g/mol. The van der Waals surface area contributed by atoms with Crippen molar-refractivity contribution in [1.29, 1.82) is 0 Å². The van der Waals surface area contributed by atoms with Crippen molar-refractivity contribution >= 4 is 10.8 Å². The zero-order valence-corrected chi connectivity index (χ0v) is 12.5. The maximum absolute atomic E-state index is 5.84. The Balaban J connectivity index is 1.66. The van der Waals surface area contributed by atoms with Gasteiger partial charge in [-0.25, -0.2) is 4.98 Å². The summed E-state index contributed by atoms with van der Waals surface area (Å²) in [5.74, 6) is 2.21. The highest BCUT2D eigenvalue weighted by molar-refractivity contribution is 5.83. The molecule has 0 unspecified atom stereocenters. The summed E-state index contributed by atoms with van der Waals surface area (Å²) in [6.07, 6.45) is 7.27. The minimum atomic E-state index is 0.655. The minimum absolute atomic E-state index is 0.655. The third-order valence-corrected chi connectivity index (χ3v) is 4.51. The largest absolute Gasteiger partial charge is 0.439 e. The summed E-state index contributed by atoms with van der Waals surface area (Å²) < 4.78 is 5.84. The molecule has 110 valence electrons. The first-order valence-electron chi connectivity index (χ1n) is 8.01. The molecule has 4 rings (SSSR count). The van der Waals surface area contributed by atoms with E-state index in [-0.39, 0.29) is 0 Å². The molecule has 1 saturated carbocycles. The van der Waals surface area contributed by atoms with E-state index in [1.54, 1.807) is 0 Å². The summed E-state index contributed by atoms with van der Waals surface area (Å²) in [7, 11) is 0. The lowest BCUT2D eigenvalue weighted by atomic mass is 9.96. The van der Waals surface area contributed by atoms with E-state index < -0.39 is 0 Å². The number of fused-ring (bicyclic) bond motifs is 1. The standard InChI is InChI=1S/C20H19NO/c1-2-8-19(9-3-1)22-20-13-18-12-16(15-6-4-5-7-15)10-11-17(18)14-21-20/h1-3,8-15H,4-7H2. The van der Waals surface area contributed by atoms with Gasteiger partial charge in [0.25, 0.3) is 0 Å². The van der Waals surface area contributed by atoms with Crippen molar-refractivity contribution in [3.63, 3.8) is 0 Å². The van der Waals surface area contributed by atoms with E-state index in [0.29, 0.717) is 5.88 Å². The summed E-state index contributed by atoms with van der Waals surface area (Å²) in [6.45, 7) is 0. The second kappa shape index (κ2) is 5.80. The van der Waals surface area contributed by atoms with Crippen molar-refractivity contribution in [3.05, 3.63) is 66.4 Å². The third-order valence-electron chi connectivity index (χ3n) is 4.51. The maximum Gasteiger partial charge on any atom is 0.219 e. The molecule has 2 nitrogen and oxygen atoms in total. The summed E-state index contributed by atoms with van der Waals surface area (Å²) in [5.41, 5.74) is 1.46. The van der Waals surface area contributed by atoms with Crippen molar-refractivity contribution in [2.75, 3.05) is 0 Å². The lowest BCUT2D eigenvalue weighted by Crippen LogP contribution is -1.93. The summed E-state index contributed by atoms with van der Waals surface area (Å²) in [4.78, 5) is 4.41. The average Bonchev–Trinajstić information content (AvgIpc) is 3.10. The molecule has 22 heavy (non-hydrogen) atoms. The fourth-order valence-electron chi connectivity index (χ4n) is 3.32. The van der Waals surface area contributed by atoms with Gasteiger partial charge in [0.2, 0.25) is 5.88 Å². The van der Waals surface area contributed by atoms with Crippen molar-refractivity contribution in [1.82, 2.24) is 4.98 Å². The molecule has 1 heterocycles. The number of nitrogens with zero attached hydrogens (tertiary/aromatic N) is 1. The van der Waals surface area contributed by atoms with E-state index in [1.165, 1.54) is 42.0 Å². The molecule has 0 spiro atoms. The van der Waals surface area contributed by atoms with Gasteiger partial charge in [0.05, 0.1) is 0 Å². The molecule has 0 amide bonds. The molecule has 0 aliphatic heterocycles. The van der Waals surface area contributed by atoms with Crippen LogP contribution in [0.2, 0.25) is 0 Å². The monoisotopic (exact) mass is 289 g/mol. The molecule has 0 bridgehead atoms. The Morgan fingerprint density at radius 2 is 1.68 bits per heavy atom. The van der Waals surface area contributed by atoms with Crippen molar-refractivity contribution < 1.29 is 4.74 Å². The first-order chi connectivity index (χ1) is 10.9. The van der Waals surface area contributed by atoms with E-state index >= 15 is 0 Å². The van der Waals surface area contributed by atoms with E-state index in [1.807, 2.05) is 42.6 Å². The number of benzene rings is 2. The predicted octanol–water partition coefficient (Wildman–Crippen LogP) is 5.68. The fraction of sp³-hybridized carbons (Fsp3) is 0.250. The lowest BCUT2D eigenvalue weighted by Gasteiger charge is -2.11. The van der Waals surface area contributed by atoms with Gasteiger partial charge in [-0.15, -0.1) is 0 Å². The van der Waals surface area contributed by atoms with Crippen LogP contribution in [0.1, 0.15) is 37.2 Å². The first kappa shape index (κ1) is 13.3. The van der Waals surface area contributed by atoms with Crippen LogP contribution in [-0.2, 0) is 0 Å². The van der Waals surface area contributed by atoms with Crippen LogP contribution in [-0.4, -0.2) is 4.98 Å². The second-order valence-corrected chi connectivity index (χ2v) is 6.03. The SMILES string of the molecule is c1ccc(Oc2cc3cc(C4CCCC4)ccc3cn2)cc1. The van der Waals surface area contributed by atoms with Crippen molar-refractivity contribution in [2.24, 2.45) is 0 Å². The molecular formula is C20H19NO. The van der Waals surface area contributed by atoms with Crippen LogP contribution in [0.15, 0.2) is 60.8 Å². The molecule has 1 aliphatic carbocycles. The normalized spacial score (nSPS) is 15.3. The van der Waals surface area contributed by atoms with Crippen LogP contribution in [0.3, 0.4) is 0 Å². The van der Waals surface area contributed by atoms with E-state index in [4.69, 9.17) is 4.74 Å². The molecule has 1 fully saturated rings. The Labute approximate surface area is 130 Å². The van der Waals surface area contributed by atoms with Crippen molar-refractivity contribution in [2.45, 2.75) is 31.6 Å². The van der Waals surface area contributed by atoms with Crippen LogP contribution in [0.4, 0.5) is 0 Å². The van der Waals surface area contributed by atoms with Gasteiger partial charge in [-0.2, -0.15) is 0 Å². The Bertz CT molecular complexity index is 776. The van der Waals surface area contributed by atoms with Crippen LogP contribution >= 0.6 is 0 Å². The smallest absolute Gasteiger partial charge is 0.219 e. The Morgan fingerprint density at radius 1 is 0.864 bits per heavy atom. The topological polar surface area (TPSA) is 22.1 Å². The Kier molecular flexibility index (Phi) is 3.51. The zero-order chi connectivity index (χ0) is 14.8. The highest BCUT2D eigenvalue weighted by atomic mass is 16.5. The number of aromatic nitrogens is 1. The molecule has 0 saturated heterocycles. The molecule has 3 aromatic rings. The van der Waals surface area contributed by atoms with Gasteiger partial charge in [-0.1, -0.05) is 49.2 Å². The number of ether oxygens (including phenoxy) is 1. The maximum atomic E-state index is 5.84. The third kappa shape index (κ3) is 2.69. The van der Waals surface area contributed by atoms with Gasteiger partial charge < -0.3 is 4.74 Å². The van der Waals surface area contributed by atoms with E-state index in [2.05, 4.69) is 23.2 Å². The molecule has 0 radical (unpaired) electrons. The van der Waals surface area contributed by atoms with Gasteiger partial charge in [0.15, 0.2) is 0 Å². The quantitative estimate of drug-likeness (QED) is 0.618. The number of hydrogen-bond acceptors (Lipinski definition) is 2. The molecule has 1 aliphatic rings. The van der Waals surface area contributed by atoms with Crippen molar-refractivity contribution in [3.8, 4) is 11.6 Å². The van der Waals surface area contributed by atoms with Gasteiger partial charge >= 0.3 is 0 Å². The Hall–Kier alpha value is -2.35. The molecule has 2 aromatic carbocycles. The van der Waals surface area contributed by atoms with Crippen LogP contribution in [0, 0.1) is 0 Å². The van der Waals surface area contributed by atoms with E-state index in [0.717, 1.165) is 11.7 Å². The molecule has 1 aromatic heterocycles. The highest BCUT2D eigenvalue weighted by Gasteiger charge is 2.17. The highest BCUT2D eigenvalue weighted by Crippen LogP contribution is 2.35. The number of hydrogen-bond donors (Lipinski definition) is 0. The lowest BCUT2D eigenvalue weighted by molar-refractivity contribution is 0.464. The zero-order valence-electron chi connectivity index (χ0n) is 12.5. The van der Waals surface area contributed by atoms with Crippen LogP contribution in [0.25, 0.3) is 10.8 Å². The van der Waals surface area contributed by atoms with Crippen LogP contribution < -0.4 is 4.74 Å². The molecule has 2 heteroatoms. The Morgan fingerprint density at radius 3 is 2.50 bits per heavy atom. The summed E-state index contributed by atoms with van der Waals surface area (Å²) in [5, 5.41) is 2.38. The number of rotatable bonds is 3. The molecular weight excluding hydrogens is 270 g/mol. The predicted molar refractivity (Wildman–Crippen MR) is 89.5 cm³/mol. The van der Waals surface area contributed by atoms with Gasteiger partial charge in [0.1, 0.15) is 5.75 Å². The molecule has 0 N–H and O–H groups in total. The molecule has 0 atom stereocenters. The second-order valence-electron chi connectivity index (χ2n) is 6.03. The first-order valence-corrected chi connectivity index (χ1v) is 8.01. The van der Waals surface area contributed by atoms with E-state index in [9.17, 15) is 0 Å².